The third-order valence-corrected chi connectivity index (χ3v) is 2.81. The van der Waals surface area contributed by atoms with Crippen LogP contribution in [0, 0.1) is 5.82 Å². The van der Waals surface area contributed by atoms with E-state index in [9.17, 15) is 9.18 Å². The minimum atomic E-state index is -0.594. The number of halogens is 2. The van der Waals surface area contributed by atoms with E-state index in [0.29, 0.717) is 5.56 Å². The predicted molar refractivity (Wildman–Crippen MR) is 68.1 cm³/mol. The molecule has 6 heteroatoms. The molecular weight excluding hydrogens is 257 g/mol. The molecule has 0 radical (unpaired) electrons. The third-order valence-electron chi connectivity index (χ3n) is 2.59. The van der Waals surface area contributed by atoms with Gasteiger partial charge in [-0.1, -0.05) is 17.7 Å². The number of nitrogens with zero attached hydrogens (tertiary/aromatic N) is 2. The molecule has 1 aromatic carbocycles. The largest absolute Gasteiger partial charge is 0.385 e. The van der Waals surface area contributed by atoms with Crippen molar-refractivity contribution in [3.8, 4) is 0 Å². The van der Waals surface area contributed by atoms with Crippen LogP contribution in [0.15, 0.2) is 35.8 Å². The van der Waals surface area contributed by atoms with Gasteiger partial charge in [0.2, 0.25) is 0 Å². The average Bonchev–Trinajstić information content (AvgIpc) is 2.53. The van der Waals surface area contributed by atoms with E-state index in [1.165, 1.54) is 17.0 Å². The van der Waals surface area contributed by atoms with Crippen LogP contribution in [0.1, 0.15) is 11.6 Å². The summed E-state index contributed by atoms with van der Waals surface area (Å²) >= 11 is 5.79. The molecule has 0 aliphatic carbocycles. The van der Waals surface area contributed by atoms with Gasteiger partial charge in [0.1, 0.15) is 17.7 Å². The van der Waals surface area contributed by atoms with Crippen molar-refractivity contribution >= 4 is 23.5 Å². The first-order valence-electron chi connectivity index (χ1n) is 5.24. The van der Waals surface area contributed by atoms with Crippen LogP contribution < -0.4 is 5.73 Å². The lowest BCUT2D eigenvalue weighted by Crippen LogP contribution is -2.33. The van der Waals surface area contributed by atoms with Gasteiger partial charge in [-0.2, -0.15) is 4.99 Å². The van der Waals surface area contributed by atoms with Gasteiger partial charge >= 0.3 is 6.03 Å². The van der Waals surface area contributed by atoms with E-state index in [4.69, 9.17) is 17.3 Å². The molecule has 18 heavy (non-hydrogen) atoms. The van der Waals surface area contributed by atoms with Crippen LogP contribution in [0.2, 0.25) is 5.02 Å². The average molecular weight is 268 g/mol. The second-order valence-corrected chi connectivity index (χ2v) is 4.30. The van der Waals surface area contributed by atoms with Crippen LogP contribution in [0.3, 0.4) is 0 Å². The number of benzene rings is 1. The zero-order valence-corrected chi connectivity index (χ0v) is 10.2. The van der Waals surface area contributed by atoms with Crippen LogP contribution in [0.4, 0.5) is 9.18 Å². The lowest BCUT2D eigenvalue weighted by atomic mass is 10.1. The first-order valence-corrected chi connectivity index (χ1v) is 5.62. The van der Waals surface area contributed by atoms with Crippen LogP contribution in [-0.2, 0) is 0 Å². The Morgan fingerprint density at radius 3 is 2.89 bits per heavy atom. The summed E-state index contributed by atoms with van der Waals surface area (Å²) in [6.07, 6.45) is 1.56. The Labute approximate surface area is 109 Å². The Morgan fingerprint density at radius 1 is 1.56 bits per heavy atom. The summed E-state index contributed by atoms with van der Waals surface area (Å²) < 4.78 is 13.3. The lowest BCUT2D eigenvalue weighted by molar-refractivity contribution is 0.212. The minimum absolute atomic E-state index is 0.128. The van der Waals surface area contributed by atoms with Gasteiger partial charge in [-0.3, -0.25) is 0 Å². The summed E-state index contributed by atoms with van der Waals surface area (Å²) in [5.74, 6) is -0.355. The number of carbonyl (C=O) groups is 1. The molecule has 1 aliphatic rings. The molecule has 1 aromatic rings. The maximum Gasteiger partial charge on any atom is 0.346 e. The zero-order valence-electron chi connectivity index (χ0n) is 9.44. The van der Waals surface area contributed by atoms with Gasteiger partial charge in [-0.25, -0.2) is 9.18 Å². The molecule has 0 saturated heterocycles. The maximum absolute atomic E-state index is 13.3. The molecule has 0 spiro atoms. The number of hydrogen-bond donors (Lipinski definition) is 1. The number of amidine groups is 1. The lowest BCUT2D eigenvalue weighted by Gasteiger charge is -2.23. The number of aliphatic imine (C=N–C) groups is 1. The van der Waals surface area contributed by atoms with Crippen molar-refractivity contribution in [2.24, 2.45) is 10.7 Å². The fraction of sp³-hybridized carbons (Fsp3) is 0.167. The van der Waals surface area contributed by atoms with E-state index in [1.807, 2.05) is 0 Å². The molecule has 1 heterocycles. The van der Waals surface area contributed by atoms with Crippen molar-refractivity contribution in [3.05, 3.63) is 47.3 Å². The first kappa shape index (κ1) is 12.6. The quantitative estimate of drug-likeness (QED) is 0.856. The Bertz CT molecular complexity index is 524. The number of rotatable bonds is 3. The highest BCUT2D eigenvalue weighted by Crippen LogP contribution is 2.29. The first-order chi connectivity index (χ1) is 8.52. The maximum atomic E-state index is 13.3. The highest BCUT2D eigenvalue weighted by atomic mass is 35.5. The van der Waals surface area contributed by atoms with Gasteiger partial charge in [-0.05, 0) is 23.8 Å². The van der Waals surface area contributed by atoms with Crippen LogP contribution in [-0.4, -0.2) is 23.3 Å². The van der Waals surface area contributed by atoms with E-state index in [-0.39, 0.29) is 17.4 Å². The number of carbonyl (C=O) groups excluding carboxylic acids is 1. The molecule has 1 aliphatic heterocycles. The molecule has 2 rings (SSSR count). The van der Waals surface area contributed by atoms with Crippen LogP contribution in [0.25, 0.3) is 0 Å². The summed E-state index contributed by atoms with van der Waals surface area (Å²) in [4.78, 5) is 16.7. The monoisotopic (exact) mass is 267 g/mol. The van der Waals surface area contributed by atoms with Gasteiger partial charge in [0, 0.05) is 11.6 Å². The molecular formula is C12H11ClFN3O. The topological polar surface area (TPSA) is 58.7 Å². The van der Waals surface area contributed by atoms with E-state index in [2.05, 4.69) is 11.6 Å². The second kappa shape index (κ2) is 4.78. The van der Waals surface area contributed by atoms with E-state index in [0.717, 1.165) is 0 Å². The molecule has 0 saturated carbocycles. The summed E-state index contributed by atoms with van der Waals surface area (Å²) in [6, 6.07) is 2.98. The van der Waals surface area contributed by atoms with Crippen LogP contribution in [0.5, 0.6) is 0 Å². The Balaban J connectivity index is 2.43. The highest BCUT2D eigenvalue weighted by molar-refractivity contribution is 6.30. The van der Waals surface area contributed by atoms with Gasteiger partial charge in [-0.15, -0.1) is 6.58 Å². The fourth-order valence-electron chi connectivity index (χ4n) is 1.91. The van der Waals surface area contributed by atoms with Crippen molar-refractivity contribution in [2.75, 3.05) is 6.54 Å². The standard InChI is InChI=1S/C12H11ClFN3O/c1-2-3-17-10(11(15)16-12(17)18)7-4-8(13)6-9(14)5-7/h2,4-6,10H,1,3H2,(H2,15,16,18). The molecule has 0 aromatic heterocycles. The molecule has 2 amide bonds. The number of hydrogen-bond acceptors (Lipinski definition) is 2. The van der Waals surface area contributed by atoms with Gasteiger partial charge in [0.25, 0.3) is 0 Å². The van der Waals surface area contributed by atoms with Gasteiger partial charge < -0.3 is 10.6 Å². The van der Waals surface area contributed by atoms with Crippen molar-refractivity contribution in [3.63, 3.8) is 0 Å². The molecule has 0 bridgehead atoms. The van der Waals surface area contributed by atoms with E-state index < -0.39 is 17.9 Å². The smallest absolute Gasteiger partial charge is 0.346 e. The van der Waals surface area contributed by atoms with Crippen molar-refractivity contribution in [1.82, 2.24) is 4.90 Å². The molecule has 1 atom stereocenters. The summed E-state index contributed by atoms with van der Waals surface area (Å²) in [6.45, 7) is 3.84. The zero-order chi connectivity index (χ0) is 13.3. The third kappa shape index (κ3) is 2.22. The van der Waals surface area contributed by atoms with E-state index >= 15 is 0 Å². The number of nitrogens with two attached hydrogens (primary N) is 1. The molecule has 94 valence electrons. The van der Waals surface area contributed by atoms with Crippen molar-refractivity contribution in [2.45, 2.75) is 6.04 Å². The molecule has 1 unspecified atom stereocenters. The molecule has 4 nitrogen and oxygen atoms in total. The Hall–Kier alpha value is -1.88. The Morgan fingerprint density at radius 2 is 2.28 bits per heavy atom. The summed E-state index contributed by atoms with van der Waals surface area (Å²) in [5, 5.41) is 0.246. The minimum Gasteiger partial charge on any atom is -0.385 e. The molecule has 0 fully saturated rings. The number of amides is 2. The molecule has 2 N–H and O–H groups in total. The van der Waals surface area contributed by atoms with Gasteiger partial charge in [0.15, 0.2) is 0 Å². The van der Waals surface area contributed by atoms with Crippen molar-refractivity contribution < 1.29 is 9.18 Å². The fourth-order valence-corrected chi connectivity index (χ4v) is 2.14. The normalized spacial score (nSPS) is 19.0. The predicted octanol–water partition coefficient (Wildman–Crippen LogP) is 2.50. The summed E-state index contributed by atoms with van der Waals surface area (Å²) in [5.41, 5.74) is 6.20. The SMILES string of the molecule is C=CCN1C(=O)N=C(N)C1c1cc(F)cc(Cl)c1. The van der Waals surface area contributed by atoms with Gasteiger partial charge in [0.05, 0.1) is 0 Å². The van der Waals surface area contributed by atoms with Crippen molar-refractivity contribution in [1.29, 1.82) is 0 Å². The Kier molecular flexibility index (Phi) is 3.34. The second-order valence-electron chi connectivity index (χ2n) is 3.87. The van der Waals surface area contributed by atoms with E-state index in [1.54, 1.807) is 12.1 Å². The highest BCUT2D eigenvalue weighted by Gasteiger charge is 2.34. The number of urea groups is 1. The van der Waals surface area contributed by atoms with Crippen LogP contribution >= 0.6 is 11.6 Å². The summed E-state index contributed by atoms with van der Waals surface area (Å²) in [7, 11) is 0.